The molecule has 2 aromatic carbocycles. The van der Waals surface area contributed by atoms with E-state index in [2.05, 4.69) is 0 Å². The van der Waals surface area contributed by atoms with Gasteiger partial charge in [-0.2, -0.15) is 0 Å². The van der Waals surface area contributed by atoms with Crippen molar-refractivity contribution in [1.29, 1.82) is 0 Å². The number of Topliss-reactive ketones (excluding diaryl/α,β-unsaturated/α-hetero) is 1. The molecule has 0 aromatic heterocycles. The molecule has 1 heterocycles. The van der Waals surface area contributed by atoms with Gasteiger partial charge in [0, 0.05) is 17.5 Å². The highest BCUT2D eigenvalue weighted by atomic mass is 16.7. The predicted octanol–water partition coefficient (Wildman–Crippen LogP) is -0.0866. The van der Waals surface area contributed by atoms with Gasteiger partial charge < -0.3 is 55.1 Å². The molecule has 1 fully saturated rings. The number of aliphatic hydroxyl groups is 3. The maximum absolute atomic E-state index is 12.3. The van der Waals surface area contributed by atoms with E-state index in [0.29, 0.717) is 0 Å². The van der Waals surface area contributed by atoms with Gasteiger partial charge in [-0.05, 0) is 30.7 Å². The van der Waals surface area contributed by atoms with Crippen LogP contribution in [0.3, 0.4) is 0 Å². The van der Waals surface area contributed by atoms with Gasteiger partial charge in [-0.25, -0.2) is 4.79 Å². The van der Waals surface area contributed by atoms with E-state index in [4.69, 9.17) is 14.2 Å². The molecule has 0 radical (unpaired) electrons. The van der Waals surface area contributed by atoms with E-state index in [9.17, 15) is 50.4 Å². The number of ketones is 1. The molecule has 0 bridgehead atoms. The second-order valence-corrected chi connectivity index (χ2v) is 8.46. The van der Waals surface area contributed by atoms with Crippen molar-refractivity contribution in [1.82, 2.24) is 0 Å². The molecule has 4 rings (SSSR count). The third kappa shape index (κ3) is 4.62. The fourth-order valence-corrected chi connectivity index (χ4v) is 4.13. The number of benzene rings is 2. The molecule has 0 saturated carbocycles. The summed E-state index contributed by atoms with van der Waals surface area (Å²) in [5.74, 6) is -4.82. The van der Waals surface area contributed by atoms with Crippen LogP contribution in [0.4, 0.5) is 0 Å². The van der Waals surface area contributed by atoms with E-state index in [1.807, 2.05) is 0 Å². The summed E-state index contributed by atoms with van der Waals surface area (Å²) in [6.45, 7) is -0.655. The van der Waals surface area contributed by atoms with E-state index < -0.39 is 78.1 Å². The first-order chi connectivity index (χ1) is 17.0. The number of hydrogen-bond donors (Lipinski definition) is 8. The zero-order valence-corrected chi connectivity index (χ0v) is 18.5. The first-order valence-corrected chi connectivity index (χ1v) is 10.8. The van der Waals surface area contributed by atoms with Crippen molar-refractivity contribution in [2.45, 2.75) is 49.7 Å². The van der Waals surface area contributed by atoms with Crippen LogP contribution in [0, 0.1) is 0 Å². The second kappa shape index (κ2) is 9.79. The summed E-state index contributed by atoms with van der Waals surface area (Å²) in [4.78, 5) is 24.5. The van der Waals surface area contributed by atoms with Crippen molar-refractivity contribution in [3.05, 3.63) is 41.0 Å². The summed E-state index contributed by atoms with van der Waals surface area (Å²) in [6, 6.07) is 4.15. The molecule has 13 heteroatoms. The lowest BCUT2D eigenvalue weighted by molar-refractivity contribution is -0.312. The molecule has 8 N–H and O–H groups in total. The molecule has 1 saturated heterocycles. The van der Waals surface area contributed by atoms with Crippen LogP contribution in [0.1, 0.15) is 45.2 Å². The number of ether oxygens (including phenoxy) is 3. The smallest absolute Gasteiger partial charge is 0.338 e. The van der Waals surface area contributed by atoms with Crippen LogP contribution in [0.15, 0.2) is 24.3 Å². The number of carbonyl (C=O) groups excluding carboxylic acids is 2. The summed E-state index contributed by atoms with van der Waals surface area (Å²) >= 11 is 0. The Morgan fingerprint density at radius 2 is 1.58 bits per heavy atom. The average molecular weight is 508 g/mol. The van der Waals surface area contributed by atoms with E-state index in [1.165, 1.54) is 6.07 Å². The van der Waals surface area contributed by atoms with Crippen molar-refractivity contribution in [3.63, 3.8) is 0 Å². The van der Waals surface area contributed by atoms with Crippen molar-refractivity contribution in [3.8, 4) is 28.7 Å². The first-order valence-electron chi connectivity index (χ1n) is 10.8. The Bertz CT molecular complexity index is 1160. The molecule has 0 spiro atoms. The van der Waals surface area contributed by atoms with Gasteiger partial charge >= 0.3 is 5.97 Å². The number of phenols is 5. The second-order valence-electron chi connectivity index (χ2n) is 8.46. The fourth-order valence-electron chi connectivity index (χ4n) is 4.13. The Balaban J connectivity index is 1.49. The number of aromatic hydroxyl groups is 5. The largest absolute Gasteiger partial charge is 0.504 e. The van der Waals surface area contributed by atoms with Gasteiger partial charge in [-0.15, -0.1) is 0 Å². The maximum Gasteiger partial charge on any atom is 0.338 e. The Hall–Kier alpha value is -3.62. The first kappa shape index (κ1) is 25.5. The monoisotopic (exact) mass is 508 g/mol. The molecule has 0 amide bonds. The van der Waals surface area contributed by atoms with Crippen LogP contribution >= 0.6 is 0 Å². The van der Waals surface area contributed by atoms with Gasteiger partial charge in [0.05, 0.1) is 11.7 Å². The lowest BCUT2D eigenvalue weighted by Gasteiger charge is -2.41. The average Bonchev–Trinajstić information content (AvgIpc) is 2.85. The molecular weight excluding hydrogens is 484 g/mol. The molecule has 36 heavy (non-hydrogen) atoms. The minimum Gasteiger partial charge on any atom is -0.504 e. The van der Waals surface area contributed by atoms with E-state index in [0.717, 1.165) is 18.2 Å². The minimum absolute atomic E-state index is 0.0161. The van der Waals surface area contributed by atoms with Crippen molar-refractivity contribution >= 4 is 11.8 Å². The number of rotatable bonds is 5. The van der Waals surface area contributed by atoms with Crippen molar-refractivity contribution in [2.24, 2.45) is 0 Å². The number of aliphatic hydroxyl groups excluding tert-OH is 3. The number of carbonyl (C=O) groups is 2. The van der Waals surface area contributed by atoms with Crippen molar-refractivity contribution in [2.75, 3.05) is 6.61 Å². The molecule has 194 valence electrons. The Morgan fingerprint density at radius 3 is 2.25 bits per heavy atom. The Labute approximate surface area is 203 Å². The van der Waals surface area contributed by atoms with E-state index in [-0.39, 0.29) is 35.3 Å². The topological polar surface area (TPSA) is 224 Å². The molecular formula is C23H24O13. The van der Waals surface area contributed by atoms with Gasteiger partial charge in [0.1, 0.15) is 31.0 Å². The molecule has 0 unspecified atom stereocenters. The maximum atomic E-state index is 12.3. The summed E-state index contributed by atoms with van der Waals surface area (Å²) in [7, 11) is 0. The summed E-state index contributed by atoms with van der Waals surface area (Å²) in [5, 5.41) is 79.6. The number of esters is 1. The van der Waals surface area contributed by atoms with Crippen molar-refractivity contribution < 1.29 is 64.7 Å². The number of hydrogen-bond acceptors (Lipinski definition) is 13. The third-order valence-electron chi connectivity index (χ3n) is 6.10. The van der Waals surface area contributed by atoms with Crippen LogP contribution in [0.2, 0.25) is 0 Å². The molecule has 2 aliphatic rings. The quantitative estimate of drug-likeness (QED) is 0.196. The highest BCUT2D eigenvalue weighted by Crippen LogP contribution is 2.44. The Morgan fingerprint density at radius 1 is 0.917 bits per heavy atom. The van der Waals surface area contributed by atoms with Crippen LogP contribution in [0.25, 0.3) is 0 Å². The van der Waals surface area contributed by atoms with Gasteiger partial charge in [0.25, 0.3) is 0 Å². The highest BCUT2D eigenvalue weighted by Gasteiger charge is 2.46. The van der Waals surface area contributed by atoms with Crippen LogP contribution in [-0.2, 0) is 14.2 Å². The van der Waals surface area contributed by atoms with Gasteiger partial charge in [0.15, 0.2) is 40.8 Å². The molecule has 1 aliphatic heterocycles. The summed E-state index contributed by atoms with van der Waals surface area (Å²) < 4.78 is 16.3. The molecule has 13 nitrogen and oxygen atoms in total. The summed E-state index contributed by atoms with van der Waals surface area (Å²) in [6.07, 6.45) is -9.22. The molecule has 2 aromatic rings. The van der Waals surface area contributed by atoms with Crippen LogP contribution in [0.5, 0.6) is 28.7 Å². The van der Waals surface area contributed by atoms with Crippen LogP contribution in [-0.4, -0.2) is 89.9 Å². The fraction of sp³-hybridized carbons (Fsp3) is 0.391. The minimum atomic E-state index is -1.79. The Kier molecular flexibility index (Phi) is 6.93. The van der Waals surface area contributed by atoms with Gasteiger partial charge in [-0.3, -0.25) is 4.79 Å². The van der Waals surface area contributed by atoms with E-state index >= 15 is 0 Å². The zero-order chi connectivity index (χ0) is 26.3. The SMILES string of the molecule is O=C(OC[C@H]1O[C@@H](O[C@@H]2CCC(=O)c3ccc(O)c(O)c32)[C@H](O)[C@@H](O)[C@@H]1O)c1cc(O)c(O)c(O)c1. The molecule has 1 aliphatic carbocycles. The number of fused-ring (bicyclic) bond motifs is 1. The zero-order valence-electron chi connectivity index (χ0n) is 18.5. The predicted molar refractivity (Wildman–Crippen MR) is 116 cm³/mol. The third-order valence-corrected chi connectivity index (χ3v) is 6.10. The lowest BCUT2D eigenvalue weighted by atomic mass is 9.87. The highest BCUT2D eigenvalue weighted by molar-refractivity contribution is 5.99. The van der Waals surface area contributed by atoms with E-state index in [1.54, 1.807) is 0 Å². The molecule has 6 atom stereocenters. The number of phenolic OH excluding ortho intramolecular Hbond substituents is 5. The standard InChI is InChI=1S/C23H24O13/c24-10-3-4-14(16-9(10)1-2-11(25)18(16)29)35-23-21(32)20(31)19(30)15(36-23)7-34-22(33)8-5-12(26)17(28)13(27)6-8/h1-2,5-6,14-15,19-21,23,25-32H,3-4,7H2/t14-,15-,19-,20+,21-,23-/m1/s1. The van der Waals surface area contributed by atoms with Crippen LogP contribution < -0.4 is 0 Å². The lowest BCUT2D eigenvalue weighted by Crippen LogP contribution is -2.59. The van der Waals surface area contributed by atoms with Gasteiger partial charge in [-0.1, -0.05) is 0 Å². The summed E-state index contributed by atoms with van der Waals surface area (Å²) in [5.41, 5.74) is -0.240. The van der Waals surface area contributed by atoms with Gasteiger partial charge in [0.2, 0.25) is 0 Å². The normalized spacial score (nSPS) is 27.9.